The van der Waals surface area contributed by atoms with Crippen LogP contribution in [-0.2, 0) is 19.4 Å². The molecule has 0 saturated heterocycles. The van der Waals surface area contributed by atoms with Crippen LogP contribution in [0.2, 0.25) is 0 Å². The van der Waals surface area contributed by atoms with E-state index >= 15 is 0 Å². The highest BCUT2D eigenvalue weighted by molar-refractivity contribution is 5.91. The maximum absolute atomic E-state index is 14.0. The molecule has 0 fully saturated rings. The van der Waals surface area contributed by atoms with Gasteiger partial charge in [0.2, 0.25) is 0 Å². The summed E-state index contributed by atoms with van der Waals surface area (Å²) in [6.07, 6.45) is 6.62. The summed E-state index contributed by atoms with van der Waals surface area (Å²) < 4.78 is 2.23. The molecule has 6 rings (SSSR count). The Morgan fingerprint density at radius 1 is 0.853 bits per heavy atom. The summed E-state index contributed by atoms with van der Waals surface area (Å²) in [5.74, 6) is 0. The Balaban J connectivity index is 1.45. The minimum absolute atomic E-state index is 0.0611. The zero-order valence-electron chi connectivity index (χ0n) is 19.5. The Hall–Kier alpha value is -3.79. The number of carbonyl (C=O) groups excluding carboxylic acids is 1. The van der Waals surface area contributed by atoms with Crippen LogP contribution in [0.4, 0.5) is 10.5 Å². The highest BCUT2D eigenvalue weighted by Crippen LogP contribution is 2.37. The number of hydrogen-bond acceptors (Lipinski definition) is 1. The number of nitrogens with zero attached hydrogens (tertiary/aromatic N) is 2. The molecule has 1 aliphatic heterocycles. The molecule has 170 valence electrons. The topological polar surface area (TPSA) is 37.3 Å². The second-order valence-electron chi connectivity index (χ2n) is 9.45. The van der Waals surface area contributed by atoms with Gasteiger partial charge in [-0.05, 0) is 79.1 Å². The number of aryl methyl sites for hydroxylation is 2. The van der Waals surface area contributed by atoms with E-state index in [1.54, 1.807) is 0 Å². The molecule has 2 heterocycles. The standard InChI is InChI=1S/C30H29N3O/c1-21-15-17-23(18-16-21)29-28-14-7-19-32(28)27-13-5-3-9-24(27)20-33(29)30(34)31-26-12-6-10-22-8-2-4-11-25(22)26/h3,5-7,9-10,12-19,29H,2,4,8,11,20H2,1H3,(H,31,34). The summed E-state index contributed by atoms with van der Waals surface area (Å²) in [6, 6.07) is 27.2. The molecule has 3 aromatic carbocycles. The molecule has 0 saturated carbocycles. The van der Waals surface area contributed by atoms with Crippen molar-refractivity contribution in [1.82, 2.24) is 9.47 Å². The average molecular weight is 448 g/mol. The Kier molecular flexibility index (Phi) is 5.21. The first-order chi connectivity index (χ1) is 16.7. The molecule has 4 aromatic rings. The molecule has 2 amide bonds. The SMILES string of the molecule is Cc1ccc(C2c3cccn3-c3ccccc3CN2C(=O)Nc2cccc3c2CCCC3)cc1. The summed E-state index contributed by atoms with van der Waals surface area (Å²) in [5, 5.41) is 3.31. The smallest absolute Gasteiger partial charge is 0.318 e. The molecule has 1 unspecified atom stereocenters. The second kappa shape index (κ2) is 8.53. The van der Waals surface area contributed by atoms with Crippen molar-refractivity contribution in [3.05, 3.63) is 119 Å². The number of aromatic nitrogens is 1. The monoisotopic (exact) mass is 447 g/mol. The van der Waals surface area contributed by atoms with Crippen LogP contribution >= 0.6 is 0 Å². The van der Waals surface area contributed by atoms with Gasteiger partial charge in [-0.3, -0.25) is 0 Å². The van der Waals surface area contributed by atoms with E-state index in [9.17, 15) is 4.79 Å². The number of amides is 2. The largest absolute Gasteiger partial charge is 0.322 e. The fourth-order valence-electron chi connectivity index (χ4n) is 5.52. The number of anilines is 1. The third-order valence-electron chi connectivity index (χ3n) is 7.26. The lowest BCUT2D eigenvalue weighted by molar-refractivity contribution is 0.194. The van der Waals surface area contributed by atoms with Crippen LogP contribution in [0, 0.1) is 6.92 Å². The van der Waals surface area contributed by atoms with Crippen molar-refractivity contribution < 1.29 is 4.79 Å². The zero-order valence-corrected chi connectivity index (χ0v) is 19.5. The molecule has 34 heavy (non-hydrogen) atoms. The van der Waals surface area contributed by atoms with Crippen LogP contribution in [0.3, 0.4) is 0 Å². The van der Waals surface area contributed by atoms with Crippen molar-refractivity contribution in [2.75, 3.05) is 5.32 Å². The Bertz CT molecular complexity index is 1350. The number of rotatable bonds is 2. The number of fused-ring (bicyclic) bond motifs is 4. The zero-order chi connectivity index (χ0) is 23.1. The van der Waals surface area contributed by atoms with Crippen molar-refractivity contribution in [2.24, 2.45) is 0 Å². The van der Waals surface area contributed by atoms with E-state index in [4.69, 9.17) is 0 Å². The lowest BCUT2D eigenvalue weighted by Crippen LogP contribution is -2.38. The minimum atomic E-state index is -0.192. The van der Waals surface area contributed by atoms with Crippen LogP contribution in [0.15, 0.2) is 85.1 Å². The van der Waals surface area contributed by atoms with Gasteiger partial charge in [0.25, 0.3) is 0 Å². The fraction of sp³-hybridized carbons (Fsp3) is 0.233. The predicted molar refractivity (Wildman–Crippen MR) is 136 cm³/mol. The van der Waals surface area contributed by atoms with E-state index in [1.165, 1.54) is 29.5 Å². The molecule has 1 aliphatic carbocycles. The van der Waals surface area contributed by atoms with Crippen molar-refractivity contribution >= 4 is 11.7 Å². The van der Waals surface area contributed by atoms with Gasteiger partial charge in [-0.25, -0.2) is 4.79 Å². The third kappa shape index (κ3) is 3.60. The summed E-state index contributed by atoms with van der Waals surface area (Å²) in [6.45, 7) is 2.63. The Labute approximate surface area is 200 Å². The molecular formula is C30H29N3O. The normalized spacial score (nSPS) is 16.7. The van der Waals surface area contributed by atoms with Crippen LogP contribution in [0.5, 0.6) is 0 Å². The van der Waals surface area contributed by atoms with Crippen LogP contribution < -0.4 is 5.32 Å². The minimum Gasteiger partial charge on any atom is -0.318 e. The van der Waals surface area contributed by atoms with Gasteiger partial charge in [-0.15, -0.1) is 0 Å². The number of carbonyl (C=O) groups is 1. The number of para-hydroxylation sites is 1. The molecule has 0 spiro atoms. The molecule has 1 N–H and O–H groups in total. The first-order valence-corrected chi connectivity index (χ1v) is 12.2. The van der Waals surface area contributed by atoms with Gasteiger partial charge in [-0.1, -0.05) is 60.2 Å². The van der Waals surface area contributed by atoms with Gasteiger partial charge in [-0.2, -0.15) is 0 Å². The average Bonchev–Trinajstić information content (AvgIpc) is 3.29. The third-order valence-corrected chi connectivity index (χ3v) is 7.26. The lowest BCUT2D eigenvalue weighted by Gasteiger charge is -2.31. The van der Waals surface area contributed by atoms with Crippen LogP contribution in [-0.4, -0.2) is 15.5 Å². The number of nitrogens with one attached hydrogen (secondary N) is 1. The van der Waals surface area contributed by atoms with Gasteiger partial charge < -0.3 is 14.8 Å². The second-order valence-corrected chi connectivity index (χ2v) is 9.45. The number of hydrogen-bond donors (Lipinski definition) is 1. The van der Waals surface area contributed by atoms with Crippen molar-refractivity contribution in [3.8, 4) is 5.69 Å². The summed E-state index contributed by atoms with van der Waals surface area (Å²) in [7, 11) is 0. The molecule has 2 aliphatic rings. The summed E-state index contributed by atoms with van der Waals surface area (Å²) in [5.41, 5.74) is 9.32. The maximum Gasteiger partial charge on any atom is 0.322 e. The van der Waals surface area contributed by atoms with E-state index in [0.29, 0.717) is 6.54 Å². The molecule has 4 heteroatoms. The first kappa shape index (κ1) is 20.8. The highest BCUT2D eigenvalue weighted by atomic mass is 16.2. The van der Waals surface area contributed by atoms with Crippen LogP contribution in [0.1, 0.15) is 52.4 Å². The molecule has 0 radical (unpaired) electrons. The van der Waals surface area contributed by atoms with E-state index in [1.807, 2.05) is 4.90 Å². The van der Waals surface area contributed by atoms with Crippen molar-refractivity contribution in [3.63, 3.8) is 0 Å². The van der Waals surface area contributed by atoms with E-state index in [2.05, 4.69) is 102 Å². The van der Waals surface area contributed by atoms with E-state index < -0.39 is 0 Å². The Morgan fingerprint density at radius 2 is 1.65 bits per heavy atom. The molecule has 4 nitrogen and oxygen atoms in total. The van der Waals surface area contributed by atoms with Gasteiger partial charge in [0.1, 0.15) is 0 Å². The van der Waals surface area contributed by atoms with Gasteiger partial charge in [0.15, 0.2) is 0 Å². The molecule has 1 aromatic heterocycles. The number of benzene rings is 3. The Morgan fingerprint density at radius 3 is 2.53 bits per heavy atom. The summed E-state index contributed by atoms with van der Waals surface area (Å²) in [4.78, 5) is 16.0. The predicted octanol–water partition coefficient (Wildman–Crippen LogP) is 6.80. The highest BCUT2D eigenvalue weighted by Gasteiger charge is 2.33. The van der Waals surface area contributed by atoms with Gasteiger partial charge in [0, 0.05) is 17.6 Å². The lowest BCUT2D eigenvalue weighted by atomic mass is 9.90. The molecule has 1 atom stereocenters. The first-order valence-electron chi connectivity index (χ1n) is 12.2. The van der Waals surface area contributed by atoms with Crippen molar-refractivity contribution in [1.29, 1.82) is 0 Å². The van der Waals surface area contributed by atoms with Gasteiger partial charge >= 0.3 is 6.03 Å². The summed E-state index contributed by atoms with van der Waals surface area (Å²) >= 11 is 0. The van der Waals surface area contributed by atoms with Gasteiger partial charge in [0.05, 0.1) is 18.3 Å². The molecule has 0 bridgehead atoms. The maximum atomic E-state index is 14.0. The quantitative estimate of drug-likeness (QED) is 0.360. The van der Waals surface area contributed by atoms with E-state index in [0.717, 1.165) is 41.0 Å². The number of urea groups is 1. The van der Waals surface area contributed by atoms with Crippen LogP contribution in [0.25, 0.3) is 5.69 Å². The molecular weight excluding hydrogens is 418 g/mol. The fourth-order valence-corrected chi connectivity index (χ4v) is 5.52. The van der Waals surface area contributed by atoms with Crippen molar-refractivity contribution in [2.45, 2.75) is 45.2 Å². The van der Waals surface area contributed by atoms with E-state index in [-0.39, 0.29) is 12.1 Å².